The van der Waals surface area contributed by atoms with Gasteiger partial charge in [0.25, 0.3) is 0 Å². The number of rotatable bonds is 6. The summed E-state index contributed by atoms with van der Waals surface area (Å²) in [5, 5.41) is 8.87. The largest absolute Gasteiger partial charge is 0.370 e. The minimum Gasteiger partial charge on any atom is -0.370 e. The number of anilines is 1. The van der Waals surface area contributed by atoms with Crippen LogP contribution in [0, 0.1) is 18.6 Å². The molecule has 6 nitrogen and oxygen atoms in total. The van der Waals surface area contributed by atoms with Gasteiger partial charge in [0, 0.05) is 46.5 Å². The number of hydrogen-bond donors (Lipinski definition) is 2. The van der Waals surface area contributed by atoms with Gasteiger partial charge >= 0.3 is 0 Å². The first-order valence-electron chi connectivity index (χ1n) is 10.9. The third kappa shape index (κ3) is 3.92. The van der Waals surface area contributed by atoms with Gasteiger partial charge in [-0.2, -0.15) is 9.61 Å². The van der Waals surface area contributed by atoms with E-state index in [0.717, 1.165) is 39.2 Å². The molecule has 5 aromatic rings. The van der Waals surface area contributed by atoms with Crippen LogP contribution in [0.25, 0.3) is 27.8 Å². The normalized spacial score (nSPS) is 11.7. The Kier molecular flexibility index (Phi) is 5.28. The summed E-state index contributed by atoms with van der Waals surface area (Å²) in [5.41, 5.74) is 5.95. The van der Waals surface area contributed by atoms with Gasteiger partial charge in [-0.15, -0.1) is 0 Å². The van der Waals surface area contributed by atoms with Gasteiger partial charge < -0.3 is 10.3 Å². The second-order valence-electron chi connectivity index (χ2n) is 8.50. The summed E-state index contributed by atoms with van der Waals surface area (Å²) in [6.07, 6.45) is 5.28. The summed E-state index contributed by atoms with van der Waals surface area (Å²) in [6, 6.07) is 8.06. The molecule has 168 valence electrons. The lowest BCUT2D eigenvalue weighted by Gasteiger charge is -2.12. The average molecular weight is 447 g/mol. The van der Waals surface area contributed by atoms with Crippen LogP contribution in [0.5, 0.6) is 0 Å². The van der Waals surface area contributed by atoms with Crippen molar-refractivity contribution in [2.45, 2.75) is 33.1 Å². The van der Waals surface area contributed by atoms with Crippen molar-refractivity contribution in [3.63, 3.8) is 0 Å². The number of pyridine rings is 1. The van der Waals surface area contributed by atoms with Crippen LogP contribution in [-0.2, 0) is 6.42 Å². The molecule has 0 fully saturated rings. The molecule has 1 aromatic carbocycles. The standard InChI is InChI=1S/C25H24F2N6/c1-14(2)21-13-30-33-24(10-23(32-25(21)33)16-8-18(27)12-28-11-16)29-7-6-19-15(3)31-22-5-4-17(26)9-20(19)22/h4-5,8-14,29,31H,6-7H2,1-3H3. The molecule has 5 rings (SSSR count). The maximum absolute atomic E-state index is 13.8. The molecule has 0 atom stereocenters. The summed E-state index contributed by atoms with van der Waals surface area (Å²) in [6.45, 7) is 6.76. The lowest BCUT2D eigenvalue weighted by Crippen LogP contribution is -2.10. The zero-order chi connectivity index (χ0) is 23.1. The molecule has 0 aliphatic heterocycles. The average Bonchev–Trinajstić information content (AvgIpc) is 3.35. The second kappa shape index (κ2) is 8.27. The number of aromatic nitrogens is 5. The molecular formula is C25H24F2N6. The lowest BCUT2D eigenvalue weighted by molar-refractivity contribution is 0.622. The van der Waals surface area contributed by atoms with E-state index in [2.05, 4.69) is 34.2 Å². The molecule has 0 saturated heterocycles. The van der Waals surface area contributed by atoms with Crippen LogP contribution in [-0.4, -0.2) is 31.1 Å². The van der Waals surface area contributed by atoms with Crippen molar-refractivity contribution < 1.29 is 8.78 Å². The quantitative estimate of drug-likeness (QED) is 0.354. The van der Waals surface area contributed by atoms with Crippen molar-refractivity contribution in [3.05, 3.63) is 77.4 Å². The molecule has 0 saturated carbocycles. The number of aryl methyl sites for hydroxylation is 1. The zero-order valence-electron chi connectivity index (χ0n) is 18.7. The smallest absolute Gasteiger partial charge is 0.161 e. The predicted molar refractivity (Wildman–Crippen MR) is 125 cm³/mol. The third-order valence-electron chi connectivity index (χ3n) is 5.88. The van der Waals surface area contributed by atoms with Crippen LogP contribution < -0.4 is 5.32 Å². The fraction of sp³-hybridized carbons (Fsp3) is 0.240. The number of fused-ring (bicyclic) bond motifs is 2. The molecule has 0 unspecified atom stereocenters. The fourth-order valence-corrected chi connectivity index (χ4v) is 4.21. The molecule has 8 heteroatoms. The van der Waals surface area contributed by atoms with Gasteiger partial charge in [-0.1, -0.05) is 13.8 Å². The Labute approximate surface area is 189 Å². The van der Waals surface area contributed by atoms with E-state index in [9.17, 15) is 8.78 Å². The topological polar surface area (TPSA) is 70.9 Å². The Bertz CT molecular complexity index is 1470. The summed E-state index contributed by atoms with van der Waals surface area (Å²) < 4.78 is 29.4. The number of halogens is 2. The number of benzene rings is 1. The Morgan fingerprint density at radius 3 is 2.70 bits per heavy atom. The van der Waals surface area contributed by atoms with E-state index >= 15 is 0 Å². The summed E-state index contributed by atoms with van der Waals surface area (Å²) in [7, 11) is 0. The molecule has 0 spiro atoms. The Balaban J connectivity index is 1.50. The highest BCUT2D eigenvalue weighted by Gasteiger charge is 2.16. The van der Waals surface area contributed by atoms with Crippen LogP contribution in [0.1, 0.15) is 36.6 Å². The SMILES string of the molecule is Cc1[nH]c2ccc(F)cc2c1CCNc1cc(-c2cncc(F)c2)nc2c(C(C)C)cnn12. The van der Waals surface area contributed by atoms with E-state index < -0.39 is 5.82 Å². The molecule has 4 heterocycles. The minimum absolute atomic E-state index is 0.229. The van der Waals surface area contributed by atoms with Gasteiger partial charge in [0.2, 0.25) is 0 Å². The first kappa shape index (κ1) is 21.1. The van der Waals surface area contributed by atoms with Gasteiger partial charge in [-0.05, 0) is 49.1 Å². The van der Waals surface area contributed by atoms with Crippen molar-refractivity contribution in [1.29, 1.82) is 0 Å². The Hall–Kier alpha value is -3.81. The van der Waals surface area contributed by atoms with E-state index in [1.54, 1.807) is 22.8 Å². The molecule has 2 N–H and O–H groups in total. The Morgan fingerprint density at radius 2 is 1.91 bits per heavy atom. The number of hydrogen-bond acceptors (Lipinski definition) is 4. The van der Waals surface area contributed by atoms with Crippen LogP contribution in [0.3, 0.4) is 0 Å². The van der Waals surface area contributed by atoms with Crippen molar-refractivity contribution >= 4 is 22.4 Å². The molecule has 0 amide bonds. The van der Waals surface area contributed by atoms with Gasteiger partial charge in [-0.3, -0.25) is 4.98 Å². The Morgan fingerprint density at radius 1 is 1.06 bits per heavy atom. The number of H-pyrrole nitrogens is 1. The lowest BCUT2D eigenvalue weighted by atomic mass is 10.1. The van der Waals surface area contributed by atoms with Crippen LogP contribution in [0.15, 0.2) is 48.9 Å². The summed E-state index contributed by atoms with van der Waals surface area (Å²) in [4.78, 5) is 12.0. The molecule has 0 aliphatic rings. The molecule has 0 bridgehead atoms. The molecule has 0 radical (unpaired) electrons. The fourth-order valence-electron chi connectivity index (χ4n) is 4.21. The maximum Gasteiger partial charge on any atom is 0.161 e. The van der Waals surface area contributed by atoms with Gasteiger partial charge in [0.05, 0.1) is 18.1 Å². The van der Waals surface area contributed by atoms with Crippen molar-refractivity contribution in [2.24, 2.45) is 0 Å². The van der Waals surface area contributed by atoms with Crippen LogP contribution >= 0.6 is 0 Å². The van der Waals surface area contributed by atoms with Crippen molar-refractivity contribution in [2.75, 3.05) is 11.9 Å². The summed E-state index contributed by atoms with van der Waals surface area (Å²) in [5.74, 6) is 0.309. The zero-order valence-corrected chi connectivity index (χ0v) is 18.7. The molecule has 4 aromatic heterocycles. The second-order valence-corrected chi connectivity index (χ2v) is 8.50. The van der Waals surface area contributed by atoms with E-state index in [-0.39, 0.29) is 11.7 Å². The highest BCUT2D eigenvalue weighted by molar-refractivity contribution is 5.84. The summed E-state index contributed by atoms with van der Waals surface area (Å²) >= 11 is 0. The molecular weight excluding hydrogens is 422 g/mol. The van der Waals surface area contributed by atoms with Crippen LogP contribution in [0.2, 0.25) is 0 Å². The first-order chi connectivity index (χ1) is 15.9. The van der Waals surface area contributed by atoms with Gasteiger partial charge in [0.1, 0.15) is 17.5 Å². The minimum atomic E-state index is -0.414. The third-order valence-corrected chi connectivity index (χ3v) is 5.88. The highest BCUT2D eigenvalue weighted by Crippen LogP contribution is 2.28. The number of nitrogens with one attached hydrogen (secondary N) is 2. The van der Waals surface area contributed by atoms with E-state index in [1.807, 2.05) is 19.2 Å². The molecule has 33 heavy (non-hydrogen) atoms. The van der Waals surface area contributed by atoms with Gasteiger partial charge in [0.15, 0.2) is 5.65 Å². The maximum atomic E-state index is 13.8. The van der Waals surface area contributed by atoms with E-state index in [0.29, 0.717) is 24.2 Å². The first-order valence-corrected chi connectivity index (χ1v) is 10.9. The number of nitrogens with zero attached hydrogens (tertiary/aromatic N) is 4. The molecule has 0 aliphatic carbocycles. The monoisotopic (exact) mass is 446 g/mol. The van der Waals surface area contributed by atoms with E-state index in [1.165, 1.54) is 18.3 Å². The van der Waals surface area contributed by atoms with Crippen molar-refractivity contribution in [1.82, 2.24) is 24.6 Å². The predicted octanol–water partition coefficient (Wildman–Crippen LogP) is 5.64. The van der Waals surface area contributed by atoms with Gasteiger partial charge in [-0.25, -0.2) is 13.8 Å². The van der Waals surface area contributed by atoms with Crippen molar-refractivity contribution in [3.8, 4) is 11.3 Å². The highest BCUT2D eigenvalue weighted by atomic mass is 19.1. The number of aromatic amines is 1. The van der Waals surface area contributed by atoms with Crippen LogP contribution in [0.4, 0.5) is 14.6 Å². The van der Waals surface area contributed by atoms with E-state index in [4.69, 9.17) is 4.98 Å².